The summed E-state index contributed by atoms with van der Waals surface area (Å²) in [4.78, 5) is 15.9. The van der Waals surface area contributed by atoms with E-state index in [2.05, 4.69) is 34.5 Å². The van der Waals surface area contributed by atoms with Gasteiger partial charge in [0.1, 0.15) is 0 Å². The SMILES string of the molecule is CNCC(=O)NCC1CN(C)CCN1C. The molecule has 0 spiro atoms. The van der Waals surface area contributed by atoms with Gasteiger partial charge < -0.3 is 15.5 Å². The highest BCUT2D eigenvalue weighted by molar-refractivity contribution is 5.77. The lowest BCUT2D eigenvalue weighted by atomic mass is 10.2. The van der Waals surface area contributed by atoms with Gasteiger partial charge in [-0.25, -0.2) is 0 Å². The van der Waals surface area contributed by atoms with E-state index in [0.717, 1.165) is 26.2 Å². The van der Waals surface area contributed by atoms with Crippen molar-refractivity contribution in [1.82, 2.24) is 20.4 Å². The average Bonchev–Trinajstić information content (AvgIpc) is 2.20. The van der Waals surface area contributed by atoms with Gasteiger partial charge >= 0.3 is 0 Å². The molecule has 5 nitrogen and oxygen atoms in total. The minimum absolute atomic E-state index is 0.0686. The molecule has 1 fully saturated rings. The van der Waals surface area contributed by atoms with Crippen molar-refractivity contribution < 1.29 is 4.79 Å². The van der Waals surface area contributed by atoms with Crippen molar-refractivity contribution in [1.29, 1.82) is 0 Å². The molecule has 0 aromatic carbocycles. The summed E-state index contributed by atoms with van der Waals surface area (Å²) in [6, 6.07) is 0.435. The third kappa shape index (κ3) is 4.15. The summed E-state index contributed by atoms with van der Waals surface area (Å²) in [6.07, 6.45) is 0. The molecule has 0 aliphatic carbocycles. The minimum Gasteiger partial charge on any atom is -0.353 e. The zero-order valence-corrected chi connectivity index (χ0v) is 9.92. The maximum absolute atomic E-state index is 11.3. The Hall–Kier alpha value is -0.650. The number of carbonyl (C=O) groups is 1. The highest BCUT2D eigenvalue weighted by Crippen LogP contribution is 2.04. The molecule has 1 rings (SSSR count). The Morgan fingerprint density at radius 3 is 2.80 bits per heavy atom. The number of piperazine rings is 1. The number of nitrogens with one attached hydrogen (secondary N) is 2. The average molecular weight is 214 g/mol. The van der Waals surface area contributed by atoms with Crippen LogP contribution in [0.25, 0.3) is 0 Å². The quantitative estimate of drug-likeness (QED) is 0.602. The molecule has 15 heavy (non-hydrogen) atoms. The molecule has 1 unspecified atom stereocenters. The van der Waals surface area contributed by atoms with Crippen LogP contribution in [0.3, 0.4) is 0 Å². The molecule has 1 aliphatic heterocycles. The molecule has 1 heterocycles. The van der Waals surface area contributed by atoms with Gasteiger partial charge in [0.25, 0.3) is 0 Å². The van der Waals surface area contributed by atoms with E-state index in [9.17, 15) is 4.79 Å². The largest absolute Gasteiger partial charge is 0.353 e. The van der Waals surface area contributed by atoms with Crippen molar-refractivity contribution in [2.45, 2.75) is 6.04 Å². The lowest BCUT2D eigenvalue weighted by Gasteiger charge is -2.37. The summed E-state index contributed by atoms with van der Waals surface area (Å²) in [5.74, 6) is 0.0686. The van der Waals surface area contributed by atoms with Gasteiger partial charge in [-0.1, -0.05) is 0 Å². The second kappa shape index (κ2) is 6.05. The van der Waals surface area contributed by atoms with Gasteiger partial charge in [0.15, 0.2) is 0 Å². The minimum atomic E-state index is 0.0686. The highest BCUT2D eigenvalue weighted by atomic mass is 16.1. The van der Waals surface area contributed by atoms with E-state index in [1.165, 1.54) is 0 Å². The van der Waals surface area contributed by atoms with E-state index in [1.54, 1.807) is 7.05 Å². The number of hydrogen-bond acceptors (Lipinski definition) is 4. The van der Waals surface area contributed by atoms with Crippen molar-refractivity contribution in [2.24, 2.45) is 0 Å². The molecular formula is C10H22N4O. The van der Waals surface area contributed by atoms with Crippen LogP contribution in [0.2, 0.25) is 0 Å². The topological polar surface area (TPSA) is 47.6 Å². The Morgan fingerprint density at radius 2 is 2.13 bits per heavy atom. The molecule has 1 amide bonds. The van der Waals surface area contributed by atoms with Crippen LogP contribution in [-0.2, 0) is 4.79 Å². The van der Waals surface area contributed by atoms with Gasteiger partial charge in [0, 0.05) is 32.2 Å². The molecule has 1 aliphatic rings. The smallest absolute Gasteiger partial charge is 0.234 e. The van der Waals surface area contributed by atoms with Crippen LogP contribution in [0.4, 0.5) is 0 Å². The first-order chi connectivity index (χ1) is 7.13. The number of nitrogens with zero attached hydrogens (tertiary/aromatic N) is 2. The lowest BCUT2D eigenvalue weighted by molar-refractivity contribution is -0.120. The molecule has 88 valence electrons. The summed E-state index contributed by atoms with van der Waals surface area (Å²) < 4.78 is 0. The second-order valence-corrected chi connectivity index (χ2v) is 4.23. The van der Waals surface area contributed by atoms with Crippen LogP contribution < -0.4 is 10.6 Å². The summed E-state index contributed by atoms with van der Waals surface area (Å²) in [6.45, 7) is 4.34. The molecule has 0 aromatic heterocycles. The summed E-state index contributed by atoms with van der Waals surface area (Å²) in [5, 5.41) is 5.77. The molecule has 1 atom stereocenters. The maximum Gasteiger partial charge on any atom is 0.234 e. The molecular weight excluding hydrogens is 192 g/mol. The molecule has 5 heteroatoms. The van der Waals surface area contributed by atoms with Crippen molar-refractivity contribution in [2.75, 3.05) is 53.9 Å². The molecule has 0 bridgehead atoms. The third-order valence-corrected chi connectivity index (χ3v) is 2.85. The van der Waals surface area contributed by atoms with Gasteiger partial charge in [-0.15, -0.1) is 0 Å². The predicted octanol–water partition coefficient (Wildman–Crippen LogP) is -1.43. The van der Waals surface area contributed by atoms with E-state index >= 15 is 0 Å². The normalized spacial score (nSPS) is 24.1. The number of hydrogen-bond donors (Lipinski definition) is 2. The van der Waals surface area contributed by atoms with Crippen molar-refractivity contribution in [3.8, 4) is 0 Å². The van der Waals surface area contributed by atoms with Crippen LogP contribution in [0.1, 0.15) is 0 Å². The molecule has 1 saturated heterocycles. The molecule has 0 radical (unpaired) electrons. The predicted molar refractivity (Wildman–Crippen MR) is 60.9 cm³/mol. The van der Waals surface area contributed by atoms with Crippen LogP contribution in [0.15, 0.2) is 0 Å². The van der Waals surface area contributed by atoms with E-state index in [4.69, 9.17) is 0 Å². The Morgan fingerprint density at radius 1 is 1.40 bits per heavy atom. The van der Waals surface area contributed by atoms with E-state index < -0.39 is 0 Å². The Bertz CT molecular complexity index is 210. The standard InChI is InChI=1S/C10H22N4O/c1-11-7-10(15)12-6-9-8-13(2)4-5-14(9)3/h9,11H,4-8H2,1-3H3,(H,12,15). The van der Waals surface area contributed by atoms with Crippen molar-refractivity contribution >= 4 is 5.91 Å². The fourth-order valence-corrected chi connectivity index (χ4v) is 1.78. The maximum atomic E-state index is 11.3. The monoisotopic (exact) mass is 214 g/mol. The zero-order valence-electron chi connectivity index (χ0n) is 9.92. The van der Waals surface area contributed by atoms with E-state index in [0.29, 0.717) is 12.6 Å². The van der Waals surface area contributed by atoms with Crippen LogP contribution in [0.5, 0.6) is 0 Å². The summed E-state index contributed by atoms with van der Waals surface area (Å²) in [7, 11) is 6.01. The number of likely N-dealkylation sites (N-methyl/N-ethyl adjacent to an activating group) is 3. The van der Waals surface area contributed by atoms with Gasteiger partial charge in [-0.3, -0.25) is 9.69 Å². The molecule has 2 N–H and O–H groups in total. The second-order valence-electron chi connectivity index (χ2n) is 4.23. The summed E-state index contributed by atoms with van der Waals surface area (Å²) >= 11 is 0. The zero-order chi connectivity index (χ0) is 11.3. The fraction of sp³-hybridized carbons (Fsp3) is 0.900. The van der Waals surface area contributed by atoms with Gasteiger partial charge in [0.05, 0.1) is 6.54 Å². The first kappa shape index (κ1) is 12.4. The fourth-order valence-electron chi connectivity index (χ4n) is 1.78. The van der Waals surface area contributed by atoms with Gasteiger partial charge in [0.2, 0.25) is 5.91 Å². The Kier molecular flexibility index (Phi) is 5.01. The lowest BCUT2D eigenvalue weighted by Crippen LogP contribution is -2.54. The molecule has 0 saturated carbocycles. The first-order valence-electron chi connectivity index (χ1n) is 5.43. The first-order valence-corrected chi connectivity index (χ1v) is 5.43. The Balaban J connectivity index is 2.27. The summed E-state index contributed by atoms with van der Waals surface area (Å²) in [5.41, 5.74) is 0. The van der Waals surface area contributed by atoms with Crippen molar-refractivity contribution in [3.63, 3.8) is 0 Å². The van der Waals surface area contributed by atoms with Crippen LogP contribution >= 0.6 is 0 Å². The van der Waals surface area contributed by atoms with Gasteiger partial charge in [-0.05, 0) is 21.1 Å². The number of rotatable bonds is 4. The van der Waals surface area contributed by atoms with E-state index in [1.807, 2.05) is 0 Å². The van der Waals surface area contributed by atoms with E-state index in [-0.39, 0.29) is 5.91 Å². The highest BCUT2D eigenvalue weighted by Gasteiger charge is 2.22. The number of amides is 1. The number of carbonyl (C=O) groups excluding carboxylic acids is 1. The van der Waals surface area contributed by atoms with Crippen LogP contribution in [-0.4, -0.2) is 75.6 Å². The molecule has 0 aromatic rings. The van der Waals surface area contributed by atoms with Crippen molar-refractivity contribution in [3.05, 3.63) is 0 Å². The Labute approximate surface area is 91.8 Å². The third-order valence-electron chi connectivity index (χ3n) is 2.85. The van der Waals surface area contributed by atoms with Crippen LogP contribution in [0, 0.1) is 0 Å². The van der Waals surface area contributed by atoms with Gasteiger partial charge in [-0.2, -0.15) is 0 Å².